The minimum absolute atomic E-state index is 0.0148. The Morgan fingerprint density at radius 2 is 1.77 bits per heavy atom. The fourth-order valence-corrected chi connectivity index (χ4v) is 5.40. The summed E-state index contributed by atoms with van der Waals surface area (Å²) < 4.78 is 0. The van der Waals surface area contributed by atoms with Crippen molar-refractivity contribution in [1.29, 1.82) is 0 Å². The van der Waals surface area contributed by atoms with Crippen LogP contribution >= 0.6 is 11.3 Å². The van der Waals surface area contributed by atoms with Gasteiger partial charge in [0.25, 0.3) is 0 Å². The molecular formula is C28H34N4O2S. The smallest absolute Gasteiger partial charge is 0.225 e. The lowest BCUT2D eigenvalue weighted by atomic mass is 9.84. The number of rotatable bonds is 7. The molecule has 0 saturated heterocycles. The first-order valence-corrected chi connectivity index (χ1v) is 13.1. The van der Waals surface area contributed by atoms with Crippen molar-refractivity contribution in [2.75, 3.05) is 5.32 Å². The molecule has 3 aromatic rings. The van der Waals surface area contributed by atoms with E-state index >= 15 is 0 Å². The number of nitrogens with one attached hydrogen (secondary N) is 2. The van der Waals surface area contributed by atoms with E-state index in [9.17, 15) is 9.59 Å². The van der Waals surface area contributed by atoms with Crippen LogP contribution in [-0.4, -0.2) is 22.8 Å². The van der Waals surface area contributed by atoms with Gasteiger partial charge in [0.05, 0.1) is 0 Å². The predicted molar refractivity (Wildman–Crippen MR) is 143 cm³/mol. The first-order valence-electron chi connectivity index (χ1n) is 12.2. The number of nitrogens with zero attached hydrogens (tertiary/aromatic N) is 1. The molecule has 7 heteroatoms. The zero-order valence-corrected chi connectivity index (χ0v) is 21.5. The van der Waals surface area contributed by atoms with Crippen LogP contribution in [0.15, 0.2) is 53.4 Å². The van der Waals surface area contributed by atoms with Gasteiger partial charge < -0.3 is 16.4 Å². The SMILES string of the molecule is CC(=O)NC1CCC(CC(=O)Nc2cc(-c3ccsc3)c(-c3ccc(C(C)(C)N)cc3)cn2)CC1. The third-order valence-corrected chi connectivity index (χ3v) is 7.35. The summed E-state index contributed by atoms with van der Waals surface area (Å²) in [5.74, 6) is 0.896. The topological polar surface area (TPSA) is 97.1 Å². The Morgan fingerprint density at radius 3 is 2.37 bits per heavy atom. The summed E-state index contributed by atoms with van der Waals surface area (Å²) in [6.45, 7) is 5.54. The van der Waals surface area contributed by atoms with Gasteiger partial charge in [-0.05, 0) is 90.6 Å². The van der Waals surface area contributed by atoms with Gasteiger partial charge in [-0.25, -0.2) is 4.98 Å². The van der Waals surface area contributed by atoms with Crippen molar-refractivity contribution in [1.82, 2.24) is 10.3 Å². The van der Waals surface area contributed by atoms with E-state index in [1.54, 1.807) is 18.3 Å². The average molecular weight is 491 g/mol. The quantitative estimate of drug-likeness (QED) is 0.396. The van der Waals surface area contributed by atoms with Crippen LogP contribution in [0.4, 0.5) is 5.82 Å². The summed E-state index contributed by atoms with van der Waals surface area (Å²) in [6.07, 6.45) is 6.05. The highest BCUT2D eigenvalue weighted by Crippen LogP contribution is 2.35. The second-order valence-electron chi connectivity index (χ2n) is 10.1. The minimum atomic E-state index is -0.399. The van der Waals surface area contributed by atoms with E-state index in [4.69, 9.17) is 5.73 Å². The van der Waals surface area contributed by atoms with E-state index in [-0.39, 0.29) is 17.9 Å². The number of hydrogen-bond donors (Lipinski definition) is 3. The molecule has 4 rings (SSSR count). The molecule has 184 valence electrons. The third-order valence-electron chi connectivity index (χ3n) is 6.67. The molecule has 2 aromatic heterocycles. The van der Waals surface area contributed by atoms with Crippen LogP contribution in [0.25, 0.3) is 22.3 Å². The van der Waals surface area contributed by atoms with Crippen molar-refractivity contribution in [3.63, 3.8) is 0 Å². The third kappa shape index (κ3) is 6.55. The highest BCUT2D eigenvalue weighted by Gasteiger charge is 2.24. The van der Waals surface area contributed by atoms with E-state index in [0.717, 1.165) is 53.5 Å². The number of thiophene rings is 1. The number of nitrogens with two attached hydrogens (primary N) is 1. The number of aromatic nitrogens is 1. The molecule has 1 aliphatic carbocycles. The molecule has 0 bridgehead atoms. The van der Waals surface area contributed by atoms with Crippen molar-refractivity contribution >= 4 is 29.0 Å². The van der Waals surface area contributed by atoms with Gasteiger partial charge in [-0.15, -0.1) is 0 Å². The van der Waals surface area contributed by atoms with Crippen LogP contribution in [0.5, 0.6) is 0 Å². The van der Waals surface area contributed by atoms with Gasteiger partial charge in [-0.2, -0.15) is 11.3 Å². The van der Waals surface area contributed by atoms with E-state index in [2.05, 4.69) is 56.7 Å². The van der Waals surface area contributed by atoms with E-state index in [0.29, 0.717) is 18.2 Å². The second kappa shape index (κ2) is 10.7. The largest absolute Gasteiger partial charge is 0.354 e. The normalized spacial score (nSPS) is 18.2. The zero-order chi connectivity index (χ0) is 25.0. The van der Waals surface area contributed by atoms with Crippen molar-refractivity contribution < 1.29 is 9.59 Å². The minimum Gasteiger partial charge on any atom is -0.354 e. The second-order valence-corrected chi connectivity index (χ2v) is 10.9. The van der Waals surface area contributed by atoms with Crippen LogP contribution in [-0.2, 0) is 15.1 Å². The molecule has 0 aliphatic heterocycles. The molecule has 1 aromatic carbocycles. The van der Waals surface area contributed by atoms with Crippen LogP contribution in [0.2, 0.25) is 0 Å². The molecule has 0 radical (unpaired) electrons. The number of anilines is 1. The molecule has 0 spiro atoms. The van der Waals surface area contributed by atoms with Crippen LogP contribution in [0.3, 0.4) is 0 Å². The van der Waals surface area contributed by atoms with Crippen molar-refractivity contribution in [2.24, 2.45) is 11.7 Å². The van der Waals surface area contributed by atoms with Gasteiger partial charge in [-0.3, -0.25) is 9.59 Å². The van der Waals surface area contributed by atoms with Gasteiger partial charge in [-0.1, -0.05) is 24.3 Å². The van der Waals surface area contributed by atoms with E-state index < -0.39 is 5.54 Å². The number of hydrogen-bond acceptors (Lipinski definition) is 5. The van der Waals surface area contributed by atoms with Gasteiger partial charge in [0, 0.05) is 36.7 Å². The molecule has 1 aliphatic rings. The molecule has 35 heavy (non-hydrogen) atoms. The average Bonchev–Trinajstić information content (AvgIpc) is 3.34. The van der Waals surface area contributed by atoms with E-state index in [1.165, 1.54) is 0 Å². The molecule has 6 nitrogen and oxygen atoms in total. The maximum atomic E-state index is 12.8. The molecule has 0 atom stereocenters. The summed E-state index contributed by atoms with van der Waals surface area (Å²) in [5, 5.41) is 10.2. The summed E-state index contributed by atoms with van der Waals surface area (Å²) in [7, 11) is 0. The monoisotopic (exact) mass is 490 g/mol. The van der Waals surface area contributed by atoms with Crippen molar-refractivity contribution in [3.05, 3.63) is 58.9 Å². The Labute approximate surface area is 211 Å². The lowest BCUT2D eigenvalue weighted by Crippen LogP contribution is -2.36. The number of carbonyl (C=O) groups excluding carboxylic acids is 2. The maximum absolute atomic E-state index is 12.8. The Balaban J connectivity index is 1.47. The molecule has 2 heterocycles. The highest BCUT2D eigenvalue weighted by atomic mass is 32.1. The highest BCUT2D eigenvalue weighted by molar-refractivity contribution is 7.08. The lowest BCUT2D eigenvalue weighted by Gasteiger charge is -2.28. The standard InChI is InChI=1S/C28H34N4O2S/c1-18(33)31-23-10-4-19(5-11-23)14-27(34)32-26-15-24(21-12-13-35-17-21)25(16-30-26)20-6-8-22(9-7-20)28(2,3)29/h6-9,12-13,15-17,19,23H,4-5,10-11,14,29H2,1-3H3,(H,31,33)(H,30,32,34). The summed E-state index contributed by atoms with van der Waals surface area (Å²) in [5.41, 5.74) is 11.1. The molecule has 1 saturated carbocycles. The van der Waals surface area contributed by atoms with Crippen LogP contribution in [0.1, 0.15) is 58.4 Å². The molecule has 2 amide bonds. The first-order chi connectivity index (χ1) is 16.7. The summed E-state index contributed by atoms with van der Waals surface area (Å²) >= 11 is 1.64. The number of benzene rings is 1. The van der Waals surface area contributed by atoms with Gasteiger partial charge in [0.15, 0.2) is 0 Å². The van der Waals surface area contributed by atoms with Gasteiger partial charge in [0.2, 0.25) is 11.8 Å². The summed E-state index contributed by atoms with van der Waals surface area (Å²) in [4.78, 5) is 28.6. The number of pyridine rings is 1. The number of amides is 2. The Morgan fingerprint density at radius 1 is 1.06 bits per heavy atom. The van der Waals surface area contributed by atoms with Crippen LogP contribution in [0, 0.1) is 5.92 Å². The molecule has 4 N–H and O–H groups in total. The fraction of sp³-hybridized carbons (Fsp3) is 0.393. The molecule has 1 fully saturated rings. The van der Waals surface area contributed by atoms with Crippen LogP contribution < -0.4 is 16.4 Å². The zero-order valence-electron chi connectivity index (χ0n) is 20.6. The molecule has 0 unspecified atom stereocenters. The van der Waals surface area contributed by atoms with Gasteiger partial charge in [0.1, 0.15) is 5.82 Å². The Bertz CT molecular complexity index is 1160. The summed E-state index contributed by atoms with van der Waals surface area (Å²) in [6, 6.07) is 12.5. The Hall–Kier alpha value is -3.03. The molecular weight excluding hydrogens is 456 g/mol. The van der Waals surface area contributed by atoms with Crippen molar-refractivity contribution in [2.45, 2.75) is 64.5 Å². The first kappa shape index (κ1) is 25.1. The predicted octanol–water partition coefficient (Wildman–Crippen LogP) is 5.69. The fourth-order valence-electron chi connectivity index (χ4n) is 4.74. The maximum Gasteiger partial charge on any atom is 0.225 e. The van der Waals surface area contributed by atoms with Crippen molar-refractivity contribution in [3.8, 4) is 22.3 Å². The Kier molecular flexibility index (Phi) is 7.67. The number of carbonyl (C=O) groups is 2. The van der Waals surface area contributed by atoms with Gasteiger partial charge >= 0.3 is 0 Å². The lowest BCUT2D eigenvalue weighted by molar-refractivity contribution is -0.120. The van der Waals surface area contributed by atoms with E-state index in [1.807, 2.05) is 26.1 Å².